The van der Waals surface area contributed by atoms with E-state index >= 15 is 0 Å². The van der Waals surface area contributed by atoms with E-state index in [2.05, 4.69) is 5.32 Å². The van der Waals surface area contributed by atoms with Gasteiger partial charge in [-0.3, -0.25) is 14.4 Å². The largest absolute Gasteiger partial charge is 0.497 e. The Balaban J connectivity index is 1.63. The fourth-order valence-electron chi connectivity index (χ4n) is 3.45. The quantitative estimate of drug-likeness (QED) is 0.698. The Kier molecular flexibility index (Phi) is 7.00. The van der Waals surface area contributed by atoms with Crippen LogP contribution in [0.5, 0.6) is 5.75 Å². The summed E-state index contributed by atoms with van der Waals surface area (Å²) in [5, 5.41) is 2.83. The van der Waals surface area contributed by atoms with E-state index in [1.165, 1.54) is 7.11 Å². The van der Waals surface area contributed by atoms with Crippen LogP contribution < -0.4 is 10.1 Å². The summed E-state index contributed by atoms with van der Waals surface area (Å²) >= 11 is 0. The molecule has 0 aromatic heterocycles. The van der Waals surface area contributed by atoms with Crippen molar-refractivity contribution in [2.45, 2.75) is 31.7 Å². The van der Waals surface area contributed by atoms with Gasteiger partial charge in [-0.15, -0.1) is 0 Å². The smallest absolute Gasteiger partial charge is 0.249 e. The molecule has 1 heterocycles. The van der Waals surface area contributed by atoms with Crippen molar-refractivity contribution in [2.75, 3.05) is 20.2 Å². The zero-order valence-corrected chi connectivity index (χ0v) is 16.6. The Bertz CT molecular complexity index is 860. The van der Waals surface area contributed by atoms with E-state index in [-0.39, 0.29) is 30.4 Å². The Morgan fingerprint density at radius 2 is 1.72 bits per heavy atom. The van der Waals surface area contributed by atoms with Crippen LogP contribution in [0.25, 0.3) is 0 Å². The van der Waals surface area contributed by atoms with Gasteiger partial charge in [0.05, 0.1) is 7.11 Å². The maximum atomic E-state index is 12.9. The number of methoxy groups -OCH3 is 1. The van der Waals surface area contributed by atoms with Gasteiger partial charge >= 0.3 is 0 Å². The third-order valence-electron chi connectivity index (χ3n) is 5.07. The molecule has 2 aromatic carbocycles. The first-order chi connectivity index (χ1) is 14.1. The molecule has 0 bridgehead atoms. The number of hydrogen-bond donors (Lipinski definition) is 1. The highest BCUT2D eigenvalue weighted by Crippen LogP contribution is 2.20. The molecule has 1 fully saturated rings. The first kappa shape index (κ1) is 20.6. The minimum atomic E-state index is -0.728. The van der Waals surface area contributed by atoms with E-state index in [0.29, 0.717) is 24.4 Å². The fraction of sp³-hybridized carbons (Fsp3) is 0.348. The van der Waals surface area contributed by atoms with Crippen molar-refractivity contribution in [3.8, 4) is 5.75 Å². The van der Waals surface area contributed by atoms with Crippen LogP contribution >= 0.6 is 0 Å². The predicted octanol–water partition coefficient (Wildman–Crippen LogP) is 3.14. The van der Waals surface area contributed by atoms with Gasteiger partial charge in [0.15, 0.2) is 5.78 Å². The highest BCUT2D eigenvalue weighted by atomic mass is 16.5. The minimum Gasteiger partial charge on any atom is -0.497 e. The van der Waals surface area contributed by atoms with Crippen molar-refractivity contribution in [1.82, 2.24) is 10.2 Å². The predicted molar refractivity (Wildman–Crippen MR) is 110 cm³/mol. The SMILES string of the molecule is COc1cccc(C(=O)CCC(=O)NC(C(=O)N2CCCC2)c2ccccc2)c1. The number of nitrogens with zero attached hydrogens (tertiary/aromatic N) is 1. The number of benzene rings is 2. The number of ether oxygens (including phenoxy) is 1. The Labute approximate surface area is 170 Å². The molecule has 3 rings (SSSR count). The van der Waals surface area contributed by atoms with Crippen molar-refractivity contribution in [1.29, 1.82) is 0 Å². The fourth-order valence-corrected chi connectivity index (χ4v) is 3.45. The summed E-state index contributed by atoms with van der Waals surface area (Å²) in [5.41, 5.74) is 1.25. The second-order valence-electron chi connectivity index (χ2n) is 7.10. The molecule has 0 spiro atoms. The van der Waals surface area contributed by atoms with Gasteiger partial charge in [-0.2, -0.15) is 0 Å². The summed E-state index contributed by atoms with van der Waals surface area (Å²) in [5.74, 6) is 0.0469. The molecule has 1 N–H and O–H groups in total. The zero-order valence-electron chi connectivity index (χ0n) is 16.6. The zero-order chi connectivity index (χ0) is 20.6. The summed E-state index contributed by atoms with van der Waals surface area (Å²) in [6.07, 6.45) is 2.05. The van der Waals surface area contributed by atoms with Crippen molar-refractivity contribution in [2.24, 2.45) is 0 Å². The first-order valence-electron chi connectivity index (χ1n) is 9.89. The summed E-state index contributed by atoms with van der Waals surface area (Å²) in [6.45, 7) is 1.43. The summed E-state index contributed by atoms with van der Waals surface area (Å²) in [6, 6.07) is 15.4. The van der Waals surface area contributed by atoms with E-state index in [1.54, 1.807) is 29.2 Å². The maximum absolute atomic E-state index is 12.9. The second-order valence-corrected chi connectivity index (χ2v) is 7.10. The van der Waals surface area contributed by atoms with Crippen molar-refractivity contribution >= 4 is 17.6 Å². The van der Waals surface area contributed by atoms with Crippen molar-refractivity contribution in [3.63, 3.8) is 0 Å². The molecule has 29 heavy (non-hydrogen) atoms. The van der Waals surface area contributed by atoms with Crippen LogP contribution in [0.3, 0.4) is 0 Å². The lowest BCUT2D eigenvalue weighted by atomic mass is 10.0. The highest BCUT2D eigenvalue weighted by molar-refractivity contribution is 5.98. The molecule has 152 valence electrons. The average molecular weight is 394 g/mol. The van der Waals surface area contributed by atoms with Crippen LogP contribution in [0.4, 0.5) is 0 Å². The molecule has 2 amide bonds. The lowest BCUT2D eigenvalue weighted by Crippen LogP contribution is -2.41. The van der Waals surface area contributed by atoms with Gasteiger partial charge < -0.3 is 15.0 Å². The maximum Gasteiger partial charge on any atom is 0.249 e. The Morgan fingerprint density at radius 1 is 1.00 bits per heavy atom. The molecule has 1 saturated heterocycles. The van der Waals surface area contributed by atoms with Gasteiger partial charge in [-0.25, -0.2) is 0 Å². The minimum absolute atomic E-state index is 0.0205. The monoisotopic (exact) mass is 394 g/mol. The molecule has 1 atom stereocenters. The Morgan fingerprint density at radius 3 is 2.41 bits per heavy atom. The summed E-state index contributed by atoms with van der Waals surface area (Å²) in [7, 11) is 1.54. The lowest BCUT2D eigenvalue weighted by molar-refractivity contribution is -0.135. The standard InChI is InChI=1S/C23H26N2O4/c1-29-19-11-7-10-18(16-19)20(26)12-13-21(27)24-22(17-8-3-2-4-9-17)23(28)25-14-5-6-15-25/h2-4,7-11,16,22H,5-6,12-15H2,1H3,(H,24,27). The highest BCUT2D eigenvalue weighted by Gasteiger charge is 2.29. The lowest BCUT2D eigenvalue weighted by Gasteiger charge is -2.24. The van der Waals surface area contributed by atoms with E-state index in [9.17, 15) is 14.4 Å². The van der Waals surface area contributed by atoms with Crippen molar-refractivity contribution < 1.29 is 19.1 Å². The molecule has 1 unspecified atom stereocenters. The first-order valence-corrected chi connectivity index (χ1v) is 9.89. The number of carbonyl (C=O) groups excluding carboxylic acids is 3. The van der Waals surface area contributed by atoms with Crippen molar-refractivity contribution in [3.05, 3.63) is 65.7 Å². The topological polar surface area (TPSA) is 75.7 Å². The number of carbonyl (C=O) groups is 3. The average Bonchev–Trinajstić information content (AvgIpc) is 3.31. The van der Waals surface area contributed by atoms with E-state index < -0.39 is 6.04 Å². The molecule has 2 aromatic rings. The molecule has 6 nitrogen and oxygen atoms in total. The van der Waals surface area contributed by atoms with Gasteiger partial charge in [0.1, 0.15) is 11.8 Å². The van der Waals surface area contributed by atoms with Gasteiger partial charge in [0.2, 0.25) is 11.8 Å². The van der Waals surface area contributed by atoms with Crippen LogP contribution in [-0.4, -0.2) is 42.7 Å². The Hall–Kier alpha value is -3.15. The van der Waals surface area contributed by atoms with Gasteiger partial charge in [-0.05, 0) is 30.5 Å². The van der Waals surface area contributed by atoms with Crippen LogP contribution in [0.1, 0.15) is 47.6 Å². The second kappa shape index (κ2) is 9.87. The van der Waals surface area contributed by atoms with Gasteiger partial charge in [0, 0.05) is 31.5 Å². The molecule has 1 aliphatic rings. The molecule has 6 heteroatoms. The number of hydrogen-bond acceptors (Lipinski definition) is 4. The number of nitrogens with one attached hydrogen (secondary N) is 1. The van der Waals surface area contributed by atoms with E-state index in [1.807, 2.05) is 30.3 Å². The molecule has 0 aliphatic carbocycles. The van der Waals surface area contributed by atoms with Crippen LogP contribution in [0.15, 0.2) is 54.6 Å². The molecular weight excluding hydrogens is 368 g/mol. The third-order valence-corrected chi connectivity index (χ3v) is 5.07. The number of amides is 2. The van der Waals surface area contributed by atoms with Gasteiger partial charge in [-0.1, -0.05) is 42.5 Å². The number of ketones is 1. The summed E-state index contributed by atoms with van der Waals surface area (Å²) < 4.78 is 5.13. The normalized spacial score (nSPS) is 14.3. The van der Waals surface area contributed by atoms with E-state index in [0.717, 1.165) is 18.4 Å². The van der Waals surface area contributed by atoms with Crippen LogP contribution in [0.2, 0.25) is 0 Å². The number of rotatable bonds is 8. The summed E-state index contributed by atoms with van der Waals surface area (Å²) in [4.78, 5) is 39.7. The molecular formula is C23H26N2O4. The van der Waals surface area contributed by atoms with Crippen LogP contribution in [0, 0.1) is 0 Å². The molecule has 0 saturated carbocycles. The third kappa shape index (κ3) is 5.44. The number of Topliss-reactive ketones (excluding diaryl/α,β-unsaturated/α-hetero) is 1. The number of likely N-dealkylation sites (tertiary alicyclic amines) is 1. The molecule has 0 radical (unpaired) electrons. The van der Waals surface area contributed by atoms with Gasteiger partial charge in [0.25, 0.3) is 0 Å². The molecule has 1 aliphatic heterocycles. The van der Waals surface area contributed by atoms with Crippen LogP contribution in [-0.2, 0) is 9.59 Å². The van der Waals surface area contributed by atoms with E-state index in [4.69, 9.17) is 4.74 Å².